The Hall–Kier alpha value is -3.07. The van der Waals surface area contributed by atoms with Crippen LogP contribution < -0.4 is 10.1 Å². The van der Waals surface area contributed by atoms with Crippen LogP contribution in [-0.4, -0.2) is 50.3 Å². The maximum absolute atomic E-state index is 12.3. The first kappa shape index (κ1) is 20.2. The molecule has 0 aliphatic rings. The summed E-state index contributed by atoms with van der Waals surface area (Å²) in [7, 11) is 0. The van der Waals surface area contributed by atoms with E-state index < -0.39 is 41.8 Å². The third-order valence-electron chi connectivity index (χ3n) is 3.47. The van der Waals surface area contributed by atoms with Crippen molar-refractivity contribution < 1.29 is 34.4 Å². The monoisotopic (exact) mass is 396 g/mol. The van der Waals surface area contributed by atoms with Crippen LogP contribution >= 0.6 is 11.6 Å². The first-order valence-electron chi connectivity index (χ1n) is 7.84. The van der Waals surface area contributed by atoms with Crippen molar-refractivity contribution in [1.82, 2.24) is 10.3 Å². The minimum atomic E-state index is -1.69. The van der Waals surface area contributed by atoms with Crippen LogP contribution in [-0.2, 0) is 9.59 Å². The number of rotatable bonds is 7. The Morgan fingerprint density at radius 1 is 1.22 bits per heavy atom. The summed E-state index contributed by atoms with van der Waals surface area (Å²) >= 11 is 6.07. The molecule has 4 N–H and O–H groups in total. The number of carboxylic acids is 2. The molecule has 1 unspecified atom stereocenters. The number of hydrogen-bond donors (Lipinski definition) is 4. The molecular formula is C17H17ClN2O7. The van der Waals surface area contributed by atoms with Crippen molar-refractivity contribution in [3.8, 4) is 11.5 Å². The van der Waals surface area contributed by atoms with E-state index in [0.717, 1.165) is 0 Å². The van der Waals surface area contributed by atoms with Crippen LogP contribution in [0.3, 0.4) is 0 Å². The van der Waals surface area contributed by atoms with Gasteiger partial charge in [0.05, 0.1) is 12.5 Å². The Morgan fingerprint density at radius 3 is 2.44 bits per heavy atom. The van der Waals surface area contributed by atoms with Gasteiger partial charge in [0.25, 0.3) is 5.91 Å². The number of ether oxygens (including phenoxy) is 1. The van der Waals surface area contributed by atoms with Crippen LogP contribution in [0.4, 0.5) is 0 Å². The van der Waals surface area contributed by atoms with E-state index in [1.54, 1.807) is 12.1 Å². The summed E-state index contributed by atoms with van der Waals surface area (Å²) in [5.74, 6) is -4.12. The Kier molecular flexibility index (Phi) is 6.06. The lowest BCUT2D eigenvalue weighted by Crippen LogP contribution is -2.42. The molecule has 0 spiro atoms. The highest BCUT2D eigenvalue weighted by Crippen LogP contribution is 2.34. The van der Waals surface area contributed by atoms with Crippen LogP contribution in [0.1, 0.15) is 30.8 Å². The highest BCUT2D eigenvalue weighted by atomic mass is 35.5. The number of amides is 1. The number of carbonyl (C=O) groups excluding carboxylic acids is 1. The van der Waals surface area contributed by atoms with Gasteiger partial charge in [-0.1, -0.05) is 11.6 Å². The molecule has 9 nitrogen and oxygen atoms in total. The lowest BCUT2D eigenvalue weighted by Gasteiger charge is -2.15. The number of halogens is 1. The van der Waals surface area contributed by atoms with Crippen molar-refractivity contribution >= 4 is 40.2 Å². The number of pyridine rings is 1. The number of fused-ring (bicyclic) bond motifs is 1. The number of nitrogens with one attached hydrogen (secondary N) is 1. The van der Waals surface area contributed by atoms with Gasteiger partial charge in [-0.05, 0) is 32.0 Å². The smallest absolute Gasteiger partial charge is 0.326 e. The summed E-state index contributed by atoms with van der Waals surface area (Å²) in [4.78, 5) is 38.0. The molecule has 1 aromatic carbocycles. The van der Waals surface area contributed by atoms with Gasteiger partial charge in [-0.3, -0.25) is 9.59 Å². The maximum Gasteiger partial charge on any atom is 0.326 e. The molecule has 1 heterocycles. The molecule has 0 bridgehead atoms. The number of nitrogens with zero attached hydrogens (tertiary/aromatic N) is 1. The zero-order chi connectivity index (χ0) is 20.3. The van der Waals surface area contributed by atoms with E-state index in [1.807, 2.05) is 19.2 Å². The van der Waals surface area contributed by atoms with Gasteiger partial charge in [0, 0.05) is 10.8 Å². The maximum atomic E-state index is 12.3. The van der Waals surface area contributed by atoms with Crippen molar-refractivity contribution in [2.75, 3.05) is 0 Å². The Morgan fingerprint density at radius 2 is 1.89 bits per heavy atom. The molecule has 0 aliphatic carbocycles. The molecule has 0 saturated carbocycles. The highest BCUT2D eigenvalue weighted by molar-refractivity contribution is 6.35. The van der Waals surface area contributed by atoms with E-state index in [1.165, 1.54) is 6.07 Å². The molecule has 0 aliphatic heterocycles. The van der Waals surface area contributed by atoms with Crippen LogP contribution in [0.15, 0.2) is 18.2 Å². The zero-order valence-corrected chi connectivity index (χ0v) is 15.1. The molecule has 0 fully saturated rings. The van der Waals surface area contributed by atoms with Crippen LogP contribution in [0, 0.1) is 0 Å². The van der Waals surface area contributed by atoms with Crippen molar-refractivity contribution in [3.63, 3.8) is 0 Å². The Balaban J connectivity index is 2.45. The van der Waals surface area contributed by atoms with E-state index in [0.29, 0.717) is 11.1 Å². The number of aliphatic carboxylic acids is 2. The van der Waals surface area contributed by atoms with Crippen molar-refractivity contribution in [2.45, 2.75) is 32.4 Å². The van der Waals surface area contributed by atoms with Gasteiger partial charge in [-0.15, -0.1) is 0 Å². The average Bonchev–Trinajstić information content (AvgIpc) is 2.56. The molecular weight excluding hydrogens is 380 g/mol. The second-order valence-electron chi connectivity index (χ2n) is 5.94. The number of hydrogen-bond acceptors (Lipinski definition) is 6. The van der Waals surface area contributed by atoms with Crippen molar-refractivity contribution in [2.24, 2.45) is 0 Å². The molecule has 1 atom stereocenters. The van der Waals surface area contributed by atoms with Crippen molar-refractivity contribution in [3.05, 3.63) is 29.0 Å². The van der Waals surface area contributed by atoms with Crippen LogP contribution in [0.25, 0.3) is 10.8 Å². The topological polar surface area (TPSA) is 146 Å². The van der Waals surface area contributed by atoms with Gasteiger partial charge in [-0.2, -0.15) is 0 Å². The van der Waals surface area contributed by atoms with Crippen LogP contribution in [0.2, 0.25) is 5.15 Å². The second kappa shape index (κ2) is 8.09. The number of aromatic nitrogens is 1. The summed E-state index contributed by atoms with van der Waals surface area (Å²) in [5, 5.41) is 30.7. The fraction of sp³-hybridized carbons (Fsp3) is 0.294. The number of benzene rings is 1. The van der Waals surface area contributed by atoms with Gasteiger partial charge in [0.15, 0.2) is 11.4 Å². The summed E-state index contributed by atoms with van der Waals surface area (Å²) in [6, 6.07) is 2.97. The number of carboxylic acid groups (broad SMARTS) is 2. The van der Waals surface area contributed by atoms with Crippen LogP contribution in [0.5, 0.6) is 11.5 Å². The molecule has 2 rings (SSSR count). The fourth-order valence-electron chi connectivity index (χ4n) is 2.34. The van der Waals surface area contributed by atoms with Gasteiger partial charge < -0.3 is 25.4 Å². The Labute approximate surface area is 158 Å². The minimum Gasteiger partial charge on any atom is -0.505 e. The van der Waals surface area contributed by atoms with E-state index in [2.05, 4.69) is 4.98 Å². The third kappa shape index (κ3) is 4.76. The fourth-order valence-corrected chi connectivity index (χ4v) is 2.59. The first-order valence-corrected chi connectivity index (χ1v) is 8.22. The van der Waals surface area contributed by atoms with E-state index in [4.69, 9.17) is 26.6 Å². The highest BCUT2D eigenvalue weighted by Gasteiger charge is 2.26. The molecule has 27 heavy (non-hydrogen) atoms. The predicted molar refractivity (Wildman–Crippen MR) is 95.3 cm³/mol. The summed E-state index contributed by atoms with van der Waals surface area (Å²) in [6.07, 6.45) is -0.966. The van der Waals surface area contributed by atoms with Gasteiger partial charge >= 0.3 is 11.9 Å². The largest absolute Gasteiger partial charge is 0.505 e. The number of aromatic hydroxyl groups is 1. The molecule has 144 valence electrons. The molecule has 1 aromatic heterocycles. The second-order valence-corrected chi connectivity index (χ2v) is 6.29. The molecule has 10 heteroatoms. The minimum absolute atomic E-state index is 0.0887. The lowest BCUT2D eigenvalue weighted by atomic mass is 10.1. The third-order valence-corrected chi connectivity index (χ3v) is 3.76. The van der Waals surface area contributed by atoms with Gasteiger partial charge in [-0.25, -0.2) is 9.78 Å². The Bertz CT molecular complexity index is 914. The first-order chi connectivity index (χ1) is 12.6. The molecule has 1 amide bonds. The average molecular weight is 397 g/mol. The van der Waals surface area contributed by atoms with Gasteiger partial charge in [0.1, 0.15) is 16.9 Å². The summed E-state index contributed by atoms with van der Waals surface area (Å²) in [5.41, 5.74) is -0.522. The zero-order valence-electron chi connectivity index (χ0n) is 14.4. The summed E-state index contributed by atoms with van der Waals surface area (Å²) < 4.78 is 5.54. The van der Waals surface area contributed by atoms with E-state index in [-0.39, 0.29) is 16.6 Å². The lowest BCUT2D eigenvalue weighted by molar-refractivity contribution is -0.145. The molecule has 0 radical (unpaired) electrons. The van der Waals surface area contributed by atoms with E-state index >= 15 is 0 Å². The predicted octanol–water partition coefficient (Wildman–Crippen LogP) is 2.04. The van der Waals surface area contributed by atoms with E-state index in [9.17, 15) is 19.5 Å². The quantitative estimate of drug-likeness (QED) is 0.520. The van der Waals surface area contributed by atoms with Crippen molar-refractivity contribution in [1.29, 1.82) is 0 Å². The molecule has 0 saturated heterocycles. The van der Waals surface area contributed by atoms with Gasteiger partial charge in [0.2, 0.25) is 0 Å². The SMILES string of the molecule is CC(C)Oc1ccc2c(Cl)nc(C(=O)NC(CC(=O)O)C(=O)O)c(O)c2c1. The summed E-state index contributed by atoms with van der Waals surface area (Å²) in [6.45, 7) is 3.63. The number of carbonyl (C=O) groups is 3. The standard InChI is InChI=1S/C17H17ClN2O7/c1-7(2)27-8-3-4-9-10(5-8)14(23)13(20-15(9)18)16(24)19-11(17(25)26)6-12(21)22/h3-5,7,11,23H,6H2,1-2H3,(H,19,24)(H,21,22)(H,25,26). The normalized spacial score (nSPS) is 12.0. The molecule has 2 aromatic rings.